The number of rotatable bonds is 8. The van der Waals surface area contributed by atoms with Gasteiger partial charge in [-0.1, -0.05) is 13.8 Å². The fourth-order valence-corrected chi connectivity index (χ4v) is 5.33. The van der Waals surface area contributed by atoms with E-state index >= 15 is 0 Å². The van der Waals surface area contributed by atoms with Gasteiger partial charge in [0, 0.05) is 49.8 Å². The number of carbonyl (C=O) groups is 1. The smallest absolute Gasteiger partial charge is 0.254 e. The fourth-order valence-electron chi connectivity index (χ4n) is 3.84. The number of aromatic nitrogens is 1. The summed E-state index contributed by atoms with van der Waals surface area (Å²) in [6.45, 7) is 7.72. The Labute approximate surface area is 176 Å². The summed E-state index contributed by atoms with van der Waals surface area (Å²) in [5.74, 6) is -0.304. The van der Waals surface area contributed by atoms with E-state index in [0.29, 0.717) is 43.7 Å². The van der Waals surface area contributed by atoms with Crippen molar-refractivity contribution in [3.8, 4) is 0 Å². The lowest BCUT2D eigenvalue weighted by Gasteiger charge is -2.24. The van der Waals surface area contributed by atoms with Crippen LogP contribution in [0.15, 0.2) is 34.0 Å². The second-order valence-electron chi connectivity index (χ2n) is 7.32. The van der Waals surface area contributed by atoms with Crippen LogP contribution in [0.3, 0.4) is 0 Å². The molecule has 0 radical (unpaired) electrons. The van der Waals surface area contributed by atoms with Crippen LogP contribution in [0.1, 0.15) is 44.0 Å². The molecule has 8 nitrogen and oxygen atoms in total. The second kappa shape index (κ2) is 9.28. The van der Waals surface area contributed by atoms with Gasteiger partial charge in [-0.05, 0) is 38.0 Å². The number of ether oxygens (including phenoxy) is 1. The highest BCUT2D eigenvalue weighted by Gasteiger charge is 2.26. The number of aromatic amines is 1. The molecule has 9 heteroatoms. The summed E-state index contributed by atoms with van der Waals surface area (Å²) in [6, 6.07) is 5.73. The molecule has 1 aliphatic heterocycles. The number of likely N-dealkylation sites (N-methyl/N-ethyl adjacent to an activating group) is 1. The molecule has 1 aromatic carbocycles. The van der Waals surface area contributed by atoms with Crippen molar-refractivity contribution in [3.63, 3.8) is 0 Å². The number of H-pyrrole nitrogens is 1. The molecule has 30 heavy (non-hydrogen) atoms. The van der Waals surface area contributed by atoms with Gasteiger partial charge in [-0.3, -0.25) is 9.59 Å². The molecule has 1 N–H and O–H groups in total. The van der Waals surface area contributed by atoms with E-state index in [2.05, 4.69) is 4.98 Å². The van der Waals surface area contributed by atoms with Crippen molar-refractivity contribution in [2.45, 2.75) is 44.6 Å². The van der Waals surface area contributed by atoms with E-state index in [0.717, 1.165) is 12.8 Å². The van der Waals surface area contributed by atoms with Crippen LogP contribution in [0.25, 0.3) is 10.9 Å². The summed E-state index contributed by atoms with van der Waals surface area (Å²) in [5, 5.41) is 0.415. The molecule has 3 rings (SSSR count). The third-order valence-electron chi connectivity index (χ3n) is 5.51. The number of nitrogens with one attached hydrogen (secondary N) is 1. The van der Waals surface area contributed by atoms with Crippen LogP contribution in [0.5, 0.6) is 0 Å². The summed E-state index contributed by atoms with van der Waals surface area (Å²) in [7, 11) is -3.69. The third kappa shape index (κ3) is 4.43. The summed E-state index contributed by atoms with van der Waals surface area (Å²) < 4.78 is 32.9. The summed E-state index contributed by atoms with van der Waals surface area (Å²) in [5.41, 5.74) is 0.223. The summed E-state index contributed by atoms with van der Waals surface area (Å²) in [6.07, 6.45) is 1.85. The highest BCUT2D eigenvalue weighted by molar-refractivity contribution is 7.89. The number of carbonyl (C=O) groups excluding carboxylic acids is 1. The largest absolute Gasteiger partial charge is 0.376 e. The maximum atomic E-state index is 13.3. The maximum Gasteiger partial charge on any atom is 0.254 e. The molecule has 1 unspecified atom stereocenters. The predicted octanol–water partition coefficient (Wildman–Crippen LogP) is 2.20. The number of hydrogen-bond acceptors (Lipinski definition) is 5. The molecule has 1 atom stereocenters. The molecule has 0 bridgehead atoms. The molecule has 1 aromatic heterocycles. The Hall–Kier alpha value is -2.23. The van der Waals surface area contributed by atoms with Gasteiger partial charge in [0.2, 0.25) is 15.6 Å². The second-order valence-corrected chi connectivity index (χ2v) is 9.26. The van der Waals surface area contributed by atoms with E-state index in [-0.39, 0.29) is 22.5 Å². The first kappa shape index (κ1) is 22.5. The molecule has 2 aromatic rings. The van der Waals surface area contributed by atoms with Crippen LogP contribution >= 0.6 is 0 Å². The zero-order valence-electron chi connectivity index (χ0n) is 17.7. The van der Waals surface area contributed by atoms with E-state index in [1.165, 1.54) is 22.5 Å². The molecule has 0 saturated carbocycles. The quantitative estimate of drug-likeness (QED) is 0.685. The monoisotopic (exact) mass is 435 g/mol. The lowest BCUT2D eigenvalue weighted by molar-refractivity contribution is 0.0540. The minimum absolute atomic E-state index is 0.0132. The minimum atomic E-state index is -3.69. The van der Waals surface area contributed by atoms with Crippen LogP contribution in [0.4, 0.5) is 0 Å². The van der Waals surface area contributed by atoms with Gasteiger partial charge in [-0.2, -0.15) is 4.31 Å². The average Bonchev–Trinajstić information content (AvgIpc) is 3.24. The minimum Gasteiger partial charge on any atom is -0.376 e. The van der Waals surface area contributed by atoms with Crippen molar-refractivity contribution >= 4 is 26.8 Å². The van der Waals surface area contributed by atoms with E-state index in [9.17, 15) is 18.0 Å². The Morgan fingerprint density at radius 2 is 1.90 bits per heavy atom. The third-order valence-corrected chi connectivity index (χ3v) is 7.55. The molecule has 1 saturated heterocycles. The van der Waals surface area contributed by atoms with Crippen molar-refractivity contribution in [2.75, 3.05) is 32.8 Å². The number of nitrogens with zero attached hydrogens (tertiary/aromatic N) is 2. The van der Waals surface area contributed by atoms with Crippen molar-refractivity contribution in [1.82, 2.24) is 14.2 Å². The van der Waals surface area contributed by atoms with Crippen molar-refractivity contribution in [1.29, 1.82) is 0 Å². The molecule has 0 aliphatic carbocycles. The Morgan fingerprint density at radius 1 is 1.17 bits per heavy atom. The molecule has 164 valence electrons. The first-order valence-electron chi connectivity index (χ1n) is 10.4. The fraction of sp³-hybridized carbons (Fsp3) is 0.524. The standard InChI is InChI=1S/C21H29N3O5S/c1-4-23(14-15-8-7-11-29-15)21(26)18-13-20(25)22-19-10-9-16(12-17(18)19)30(27,28)24(5-2)6-3/h9-10,12-13,15H,4-8,11,14H2,1-3H3,(H,22,25). The van der Waals surface area contributed by atoms with Crippen LogP contribution < -0.4 is 5.56 Å². The van der Waals surface area contributed by atoms with Gasteiger partial charge >= 0.3 is 0 Å². The van der Waals surface area contributed by atoms with E-state index in [1.54, 1.807) is 24.8 Å². The van der Waals surface area contributed by atoms with Gasteiger partial charge < -0.3 is 14.6 Å². The number of sulfonamides is 1. The van der Waals surface area contributed by atoms with Gasteiger partial charge in [-0.15, -0.1) is 0 Å². The maximum absolute atomic E-state index is 13.3. The topological polar surface area (TPSA) is 99.8 Å². The molecular weight excluding hydrogens is 406 g/mol. The molecule has 2 heterocycles. The Bertz CT molecular complexity index is 1070. The van der Waals surface area contributed by atoms with Crippen molar-refractivity contribution < 1.29 is 17.9 Å². The van der Waals surface area contributed by atoms with Crippen LogP contribution in [-0.2, 0) is 14.8 Å². The van der Waals surface area contributed by atoms with Gasteiger partial charge in [-0.25, -0.2) is 8.42 Å². The van der Waals surface area contributed by atoms with E-state index in [1.807, 2.05) is 6.92 Å². The average molecular weight is 436 g/mol. The molecule has 1 fully saturated rings. The number of pyridine rings is 1. The van der Waals surface area contributed by atoms with Crippen molar-refractivity contribution in [3.05, 3.63) is 40.2 Å². The van der Waals surface area contributed by atoms with E-state index in [4.69, 9.17) is 4.74 Å². The van der Waals surface area contributed by atoms with Crippen LogP contribution in [0.2, 0.25) is 0 Å². The molecule has 1 aliphatic rings. The summed E-state index contributed by atoms with van der Waals surface area (Å²) in [4.78, 5) is 29.9. The predicted molar refractivity (Wildman–Crippen MR) is 115 cm³/mol. The van der Waals surface area contributed by atoms with E-state index < -0.39 is 15.6 Å². The van der Waals surface area contributed by atoms with Crippen molar-refractivity contribution in [2.24, 2.45) is 0 Å². The van der Waals surface area contributed by atoms with Gasteiger partial charge in [0.05, 0.1) is 16.6 Å². The first-order chi connectivity index (χ1) is 14.3. The van der Waals surface area contributed by atoms with Gasteiger partial charge in [0.25, 0.3) is 5.91 Å². The first-order valence-corrected chi connectivity index (χ1v) is 11.8. The summed E-state index contributed by atoms with van der Waals surface area (Å²) >= 11 is 0. The zero-order chi connectivity index (χ0) is 21.9. The molecular formula is C21H29N3O5S. The number of hydrogen-bond donors (Lipinski definition) is 1. The lowest BCUT2D eigenvalue weighted by Crippen LogP contribution is -2.37. The normalized spacial score (nSPS) is 17.0. The lowest BCUT2D eigenvalue weighted by atomic mass is 10.1. The highest BCUT2D eigenvalue weighted by Crippen LogP contribution is 2.24. The number of amides is 1. The number of fused-ring (bicyclic) bond motifs is 1. The molecule has 1 amide bonds. The highest BCUT2D eigenvalue weighted by atomic mass is 32.2. The van der Waals surface area contributed by atoms with Crippen LogP contribution in [-0.4, -0.2) is 67.4 Å². The Morgan fingerprint density at radius 3 is 2.50 bits per heavy atom. The number of benzene rings is 1. The SMILES string of the molecule is CCN(CC1CCCO1)C(=O)c1cc(=O)[nH]c2ccc(S(=O)(=O)N(CC)CC)cc12. The van der Waals surface area contributed by atoms with Gasteiger partial charge in [0.15, 0.2) is 0 Å². The zero-order valence-corrected chi connectivity index (χ0v) is 18.5. The Kier molecular flexibility index (Phi) is 6.95. The van der Waals surface area contributed by atoms with Crippen LogP contribution in [0, 0.1) is 0 Å². The van der Waals surface area contributed by atoms with Gasteiger partial charge in [0.1, 0.15) is 0 Å². The Balaban J connectivity index is 2.07. The molecule has 0 spiro atoms.